The first-order valence-corrected chi connectivity index (χ1v) is 8.47. The zero-order valence-electron chi connectivity index (χ0n) is 10.7. The Balaban J connectivity index is 1.89. The van der Waals surface area contributed by atoms with Gasteiger partial charge in [0, 0.05) is 10.5 Å². The van der Waals surface area contributed by atoms with E-state index in [-0.39, 0.29) is 0 Å². The average Bonchev–Trinajstić information content (AvgIpc) is 2.46. The van der Waals surface area contributed by atoms with Crippen LogP contribution >= 0.6 is 21.6 Å². The maximum atomic E-state index is 2.27. The molecule has 2 aromatic rings. The molecular formula is C16H18S2. The molecular weight excluding hydrogens is 256 g/mol. The van der Waals surface area contributed by atoms with E-state index in [4.69, 9.17) is 0 Å². The van der Waals surface area contributed by atoms with E-state index in [1.54, 1.807) is 0 Å². The largest absolute Gasteiger partial charge is 0.0856 e. The van der Waals surface area contributed by atoms with Crippen LogP contribution in [0.4, 0.5) is 0 Å². The van der Waals surface area contributed by atoms with Crippen LogP contribution in [0.5, 0.6) is 0 Å². The monoisotopic (exact) mass is 274 g/mol. The lowest BCUT2D eigenvalue weighted by Gasteiger charge is -2.15. The maximum absolute atomic E-state index is 2.27. The highest BCUT2D eigenvalue weighted by molar-refractivity contribution is 8.76. The number of hydrogen-bond acceptors (Lipinski definition) is 2. The Morgan fingerprint density at radius 3 is 1.28 bits per heavy atom. The van der Waals surface area contributed by atoms with Gasteiger partial charge in [0.2, 0.25) is 0 Å². The second-order valence-corrected chi connectivity index (χ2v) is 7.25. The standard InChI is InChI=1S/C16H18S2/c1-13(15-9-5-3-6-10-15)17-18-14(2)16-11-7-4-8-12-16/h3-14H,1-2H3/t13-,14-/m1/s1. The Hall–Kier alpha value is -0.860. The van der Waals surface area contributed by atoms with Gasteiger partial charge in [0.25, 0.3) is 0 Å². The predicted octanol–water partition coefficient (Wildman–Crippen LogP) is 5.89. The average molecular weight is 274 g/mol. The molecule has 0 bridgehead atoms. The van der Waals surface area contributed by atoms with E-state index in [2.05, 4.69) is 74.5 Å². The van der Waals surface area contributed by atoms with Crippen LogP contribution < -0.4 is 0 Å². The summed E-state index contributed by atoms with van der Waals surface area (Å²) in [6, 6.07) is 21.4. The minimum Gasteiger partial charge on any atom is -0.0856 e. The van der Waals surface area contributed by atoms with Gasteiger partial charge in [-0.2, -0.15) is 0 Å². The van der Waals surface area contributed by atoms with Crippen molar-refractivity contribution in [3.8, 4) is 0 Å². The number of hydrogen-bond donors (Lipinski definition) is 0. The summed E-state index contributed by atoms with van der Waals surface area (Å²) in [6.07, 6.45) is 0. The van der Waals surface area contributed by atoms with Crippen molar-refractivity contribution in [1.29, 1.82) is 0 Å². The first-order chi connectivity index (χ1) is 8.77. The molecule has 2 heteroatoms. The van der Waals surface area contributed by atoms with Crippen molar-refractivity contribution >= 4 is 21.6 Å². The molecule has 2 atom stereocenters. The Bertz CT molecular complexity index is 408. The van der Waals surface area contributed by atoms with E-state index >= 15 is 0 Å². The zero-order chi connectivity index (χ0) is 12.8. The van der Waals surface area contributed by atoms with E-state index in [1.807, 2.05) is 21.6 Å². The highest BCUT2D eigenvalue weighted by Crippen LogP contribution is 2.45. The smallest absolute Gasteiger partial charge is 0.0373 e. The highest BCUT2D eigenvalue weighted by atomic mass is 33.1. The minimum atomic E-state index is 0.530. The molecule has 94 valence electrons. The molecule has 0 aromatic heterocycles. The minimum absolute atomic E-state index is 0.530. The van der Waals surface area contributed by atoms with Crippen molar-refractivity contribution in [1.82, 2.24) is 0 Å². The highest BCUT2D eigenvalue weighted by Gasteiger charge is 2.10. The summed E-state index contributed by atoms with van der Waals surface area (Å²) < 4.78 is 0. The van der Waals surface area contributed by atoms with E-state index in [1.165, 1.54) is 11.1 Å². The Labute approximate surface area is 118 Å². The van der Waals surface area contributed by atoms with Gasteiger partial charge in [-0.05, 0) is 25.0 Å². The van der Waals surface area contributed by atoms with Gasteiger partial charge in [0.15, 0.2) is 0 Å². The van der Waals surface area contributed by atoms with Crippen LogP contribution in [0, 0.1) is 0 Å². The summed E-state index contributed by atoms with van der Waals surface area (Å²) in [5.41, 5.74) is 2.80. The molecule has 0 nitrogen and oxygen atoms in total. The van der Waals surface area contributed by atoms with Gasteiger partial charge in [-0.3, -0.25) is 0 Å². The summed E-state index contributed by atoms with van der Waals surface area (Å²) in [5.74, 6) is 0. The number of rotatable bonds is 5. The van der Waals surface area contributed by atoms with Gasteiger partial charge in [-0.15, -0.1) is 0 Å². The van der Waals surface area contributed by atoms with Crippen molar-refractivity contribution in [3.63, 3.8) is 0 Å². The van der Waals surface area contributed by atoms with Crippen LogP contribution in [0.15, 0.2) is 60.7 Å². The lowest BCUT2D eigenvalue weighted by Crippen LogP contribution is -1.88. The van der Waals surface area contributed by atoms with Gasteiger partial charge in [-0.25, -0.2) is 0 Å². The van der Waals surface area contributed by atoms with Crippen molar-refractivity contribution < 1.29 is 0 Å². The lowest BCUT2D eigenvalue weighted by molar-refractivity contribution is 1.10. The first-order valence-electron chi connectivity index (χ1n) is 6.19. The van der Waals surface area contributed by atoms with Crippen molar-refractivity contribution in [2.45, 2.75) is 24.3 Å². The second-order valence-electron chi connectivity index (χ2n) is 4.30. The molecule has 0 heterocycles. The van der Waals surface area contributed by atoms with Gasteiger partial charge >= 0.3 is 0 Å². The van der Waals surface area contributed by atoms with Crippen LogP contribution in [-0.2, 0) is 0 Å². The topological polar surface area (TPSA) is 0 Å². The van der Waals surface area contributed by atoms with Gasteiger partial charge in [0.1, 0.15) is 0 Å². The predicted molar refractivity (Wildman–Crippen MR) is 84.9 cm³/mol. The molecule has 0 unspecified atom stereocenters. The van der Waals surface area contributed by atoms with Crippen LogP contribution in [0.2, 0.25) is 0 Å². The molecule has 0 aliphatic carbocycles. The fraction of sp³-hybridized carbons (Fsp3) is 0.250. The van der Waals surface area contributed by atoms with Crippen molar-refractivity contribution in [3.05, 3.63) is 71.8 Å². The number of benzene rings is 2. The van der Waals surface area contributed by atoms with Crippen LogP contribution in [0.1, 0.15) is 35.5 Å². The zero-order valence-corrected chi connectivity index (χ0v) is 12.4. The van der Waals surface area contributed by atoms with Crippen LogP contribution in [0.25, 0.3) is 0 Å². The van der Waals surface area contributed by atoms with Gasteiger partial charge in [-0.1, -0.05) is 82.3 Å². The fourth-order valence-electron chi connectivity index (χ4n) is 1.73. The molecule has 0 radical (unpaired) electrons. The molecule has 0 aliphatic heterocycles. The maximum Gasteiger partial charge on any atom is 0.0373 e. The molecule has 0 N–H and O–H groups in total. The third-order valence-corrected chi connectivity index (χ3v) is 6.18. The van der Waals surface area contributed by atoms with E-state index < -0.39 is 0 Å². The molecule has 18 heavy (non-hydrogen) atoms. The molecule has 0 saturated heterocycles. The quantitative estimate of drug-likeness (QED) is 0.623. The Morgan fingerprint density at radius 1 is 0.611 bits per heavy atom. The first kappa shape index (κ1) is 13.6. The van der Waals surface area contributed by atoms with E-state index in [0.717, 1.165) is 0 Å². The Kier molecular flexibility index (Phi) is 5.21. The summed E-state index contributed by atoms with van der Waals surface area (Å²) in [4.78, 5) is 0. The fourth-order valence-corrected chi connectivity index (χ4v) is 4.26. The third kappa shape index (κ3) is 3.82. The van der Waals surface area contributed by atoms with E-state index in [9.17, 15) is 0 Å². The normalized spacial score (nSPS) is 14.1. The molecule has 2 rings (SSSR count). The summed E-state index contributed by atoms with van der Waals surface area (Å²) in [6.45, 7) is 4.54. The third-order valence-electron chi connectivity index (χ3n) is 2.88. The Morgan fingerprint density at radius 2 is 0.944 bits per heavy atom. The molecule has 0 spiro atoms. The summed E-state index contributed by atoms with van der Waals surface area (Å²) in [5, 5.41) is 1.06. The van der Waals surface area contributed by atoms with Gasteiger partial charge < -0.3 is 0 Å². The summed E-state index contributed by atoms with van der Waals surface area (Å²) >= 11 is 0. The molecule has 0 aliphatic rings. The van der Waals surface area contributed by atoms with Gasteiger partial charge in [0.05, 0.1) is 0 Å². The van der Waals surface area contributed by atoms with Crippen molar-refractivity contribution in [2.75, 3.05) is 0 Å². The lowest BCUT2D eigenvalue weighted by atomic mass is 10.2. The molecule has 0 fully saturated rings. The molecule has 0 saturated carbocycles. The van der Waals surface area contributed by atoms with Crippen molar-refractivity contribution in [2.24, 2.45) is 0 Å². The van der Waals surface area contributed by atoms with Crippen LogP contribution in [0.3, 0.4) is 0 Å². The summed E-state index contributed by atoms with van der Waals surface area (Å²) in [7, 11) is 3.90. The SMILES string of the molecule is C[C@@H](SS[C@H](C)c1ccccc1)c1ccccc1. The second kappa shape index (κ2) is 6.91. The van der Waals surface area contributed by atoms with E-state index in [0.29, 0.717) is 10.5 Å². The molecule has 2 aromatic carbocycles. The van der Waals surface area contributed by atoms with Crippen LogP contribution in [-0.4, -0.2) is 0 Å². The molecule has 0 amide bonds.